The Morgan fingerprint density at radius 3 is 2.94 bits per heavy atom. The largest absolute Gasteiger partial charge is 0.340 e. The number of hydrogen-bond donors (Lipinski definition) is 0. The van der Waals surface area contributed by atoms with E-state index in [2.05, 4.69) is 0 Å². The Balaban J connectivity index is 2.10. The Hall–Kier alpha value is -1.02. The van der Waals surface area contributed by atoms with Crippen LogP contribution in [0.1, 0.15) is 25.3 Å². The van der Waals surface area contributed by atoms with Crippen LogP contribution in [-0.4, -0.2) is 23.4 Å². The number of carbonyl (C=O) groups excluding carboxylic acids is 1. The highest BCUT2D eigenvalue weighted by Gasteiger charge is 2.26. The van der Waals surface area contributed by atoms with Gasteiger partial charge in [-0.15, -0.1) is 0 Å². The van der Waals surface area contributed by atoms with Crippen LogP contribution in [0.2, 0.25) is 5.02 Å². The van der Waals surface area contributed by atoms with Gasteiger partial charge in [-0.3, -0.25) is 4.79 Å². The van der Waals surface area contributed by atoms with Gasteiger partial charge in [-0.25, -0.2) is 0 Å². The molecule has 1 aliphatic heterocycles. The molecule has 1 aromatic carbocycles. The smallest absolute Gasteiger partial charge is 0.219 e. The first-order valence-electron chi connectivity index (χ1n) is 5.69. The normalized spacial score (nSPS) is 20.1. The minimum absolute atomic E-state index is 0.176. The van der Waals surface area contributed by atoms with E-state index in [1.54, 1.807) is 6.92 Å². The Bertz CT molecular complexity index is 391. The third-order valence-electron chi connectivity index (χ3n) is 3.19. The van der Waals surface area contributed by atoms with Crippen LogP contribution >= 0.6 is 11.6 Å². The number of amides is 1. The fourth-order valence-corrected chi connectivity index (χ4v) is 2.59. The number of halogens is 1. The molecule has 2 nitrogen and oxygen atoms in total. The summed E-state index contributed by atoms with van der Waals surface area (Å²) in [6.07, 6.45) is 3.07. The molecule has 0 saturated carbocycles. The summed E-state index contributed by atoms with van der Waals surface area (Å²) in [6, 6.07) is 8.21. The quantitative estimate of drug-likeness (QED) is 0.775. The van der Waals surface area contributed by atoms with Crippen LogP contribution in [-0.2, 0) is 11.2 Å². The van der Waals surface area contributed by atoms with Crippen LogP contribution in [0.5, 0.6) is 0 Å². The van der Waals surface area contributed by atoms with E-state index in [1.807, 2.05) is 29.2 Å². The molecule has 1 saturated heterocycles. The maximum Gasteiger partial charge on any atom is 0.219 e. The van der Waals surface area contributed by atoms with Crippen LogP contribution in [0.25, 0.3) is 0 Å². The summed E-state index contributed by atoms with van der Waals surface area (Å²) in [5, 5.41) is 0.804. The maximum atomic E-state index is 11.4. The highest BCUT2D eigenvalue weighted by Crippen LogP contribution is 2.24. The van der Waals surface area contributed by atoms with Gasteiger partial charge in [0.05, 0.1) is 0 Å². The van der Waals surface area contributed by atoms with Crippen molar-refractivity contribution in [2.75, 3.05) is 6.54 Å². The Kier molecular flexibility index (Phi) is 3.49. The zero-order valence-electron chi connectivity index (χ0n) is 9.45. The van der Waals surface area contributed by atoms with E-state index >= 15 is 0 Å². The van der Waals surface area contributed by atoms with Gasteiger partial charge in [0.25, 0.3) is 0 Å². The van der Waals surface area contributed by atoms with Gasteiger partial charge in [-0.1, -0.05) is 29.8 Å². The molecule has 1 unspecified atom stereocenters. The number of nitrogens with zero attached hydrogens (tertiary/aromatic N) is 1. The van der Waals surface area contributed by atoms with Gasteiger partial charge >= 0.3 is 0 Å². The van der Waals surface area contributed by atoms with Gasteiger partial charge in [0, 0.05) is 24.5 Å². The Labute approximate surface area is 101 Å². The lowest BCUT2D eigenvalue weighted by Crippen LogP contribution is -2.35. The van der Waals surface area contributed by atoms with Crippen molar-refractivity contribution >= 4 is 17.5 Å². The van der Waals surface area contributed by atoms with Crippen LogP contribution in [0.15, 0.2) is 24.3 Å². The Morgan fingerprint density at radius 2 is 2.25 bits per heavy atom. The lowest BCUT2D eigenvalue weighted by atomic mass is 10.0. The predicted octanol–water partition coefficient (Wildman–Crippen LogP) is 2.89. The van der Waals surface area contributed by atoms with Crippen molar-refractivity contribution in [2.24, 2.45) is 0 Å². The fourth-order valence-electron chi connectivity index (χ4n) is 2.38. The summed E-state index contributed by atoms with van der Waals surface area (Å²) < 4.78 is 0. The van der Waals surface area contributed by atoms with Crippen molar-refractivity contribution in [3.05, 3.63) is 34.9 Å². The molecule has 0 bridgehead atoms. The zero-order valence-corrected chi connectivity index (χ0v) is 10.2. The molecule has 1 heterocycles. The molecule has 86 valence electrons. The second-order valence-electron chi connectivity index (χ2n) is 4.30. The highest BCUT2D eigenvalue weighted by molar-refractivity contribution is 6.31. The van der Waals surface area contributed by atoms with Crippen molar-refractivity contribution in [1.29, 1.82) is 0 Å². The summed E-state index contributed by atoms with van der Waals surface area (Å²) >= 11 is 6.13. The van der Waals surface area contributed by atoms with Gasteiger partial charge in [-0.05, 0) is 30.9 Å². The van der Waals surface area contributed by atoms with Crippen LogP contribution < -0.4 is 0 Å². The third-order valence-corrected chi connectivity index (χ3v) is 3.56. The first-order chi connectivity index (χ1) is 7.68. The summed E-state index contributed by atoms with van der Waals surface area (Å²) in [5.41, 5.74) is 1.14. The fraction of sp³-hybridized carbons (Fsp3) is 0.462. The third kappa shape index (κ3) is 2.38. The van der Waals surface area contributed by atoms with E-state index in [-0.39, 0.29) is 5.91 Å². The summed E-state index contributed by atoms with van der Waals surface area (Å²) in [5.74, 6) is 0.176. The maximum absolute atomic E-state index is 11.4. The number of likely N-dealkylation sites (tertiary alicyclic amines) is 1. The van der Waals surface area contributed by atoms with Crippen molar-refractivity contribution in [2.45, 2.75) is 32.2 Å². The molecule has 0 spiro atoms. The molecule has 3 heteroatoms. The molecule has 1 aromatic rings. The average molecular weight is 238 g/mol. The predicted molar refractivity (Wildman–Crippen MR) is 65.6 cm³/mol. The van der Waals surface area contributed by atoms with E-state index in [0.717, 1.165) is 36.4 Å². The minimum Gasteiger partial charge on any atom is -0.340 e. The summed E-state index contributed by atoms with van der Waals surface area (Å²) in [6.45, 7) is 2.54. The molecule has 1 amide bonds. The minimum atomic E-state index is 0.176. The molecular weight excluding hydrogens is 222 g/mol. The molecule has 0 aromatic heterocycles. The summed E-state index contributed by atoms with van der Waals surface area (Å²) in [7, 11) is 0. The second kappa shape index (κ2) is 4.88. The molecule has 0 radical (unpaired) electrons. The van der Waals surface area contributed by atoms with E-state index in [9.17, 15) is 4.79 Å². The van der Waals surface area contributed by atoms with Crippen molar-refractivity contribution in [1.82, 2.24) is 4.90 Å². The topological polar surface area (TPSA) is 20.3 Å². The lowest BCUT2D eigenvalue weighted by Gasteiger charge is -2.23. The van der Waals surface area contributed by atoms with Crippen molar-refractivity contribution in [3.63, 3.8) is 0 Å². The van der Waals surface area contributed by atoms with Gasteiger partial charge in [0.1, 0.15) is 0 Å². The molecule has 1 aliphatic rings. The monoisotopic (exact) mass is 237 g/mol. The average Bonchev–Trinajstić information content (AvgIpc) is 2.69. The summed E-state index contributed by atoms with van der Waals surface area (Å²) in [4.78, 5) is 13.4. The van der Waals surface area contributed by atoms with Crippen molar-refractivity contribution < 1.29 is 4.79 Å². The molecule has 0 N–H and O–H groups in total. The van der Waals surface area contributed by atoms with Gasteiger partial charge in [0.15, 0.2) is 0 Å². The highest BCUT2D eigenvalue weighted by atomic mass is 35.5. The van der Waals surface area contributed by atoms with Crippen LogP contribution in [0, 0.1) is 0 Å². The number of hydrogen-bond acceptors (Lipinski definition) is 1. The number of carbonyl (C=O) groups is 1. The van der Waals surface area contributed by atoms with E-state index in [0.29, 0.717) is 6.04 Å². The zero-order chi connectivity index (χ0) is 11.5. The van der Waals surface area contributed by atoms with E-state index in [4.69, 9.17) is 11.6 Å². The molecule has 1 atom stereocenters. The van der Waals surface area contributed by atoms with Crippen LogP contribution in [0.4, 0.5) is 0 Å². The second-order valence-corrected chi connectivity index (χ2v) is 4.71. The van der Waals surface area contributed by atoms with E-state index in [1.165, 1.54) is 0 Å². The van der Waals surface area contributed by atoms with E-state index < -0.39 is 0 Å². The molecule has 16 heavy (non-hydrogen) atoms. The molecule has 0 aliphatic carbocycles. The lowest BCUT2D eigenvalue weighted by molar-refractivity contribution is -0.129. The molecule has 2 rings (SSSR count). The number of benzene rings is 1. The van der Waals surface area contributed by atoms with Gasteiger partial charge in [0.2, 0.25) is 5.91 Å². The van der Waals surface area contributed by atoms with Gasteiger partial charge < -0.3 is 4.90 Å². The SMILES string of the molecule is CC(=O)N1CCCC1Cc1ccccc1Cl. The standard InChI is InChI=1S/C13H16ClNO/c1-10(16)15-8-4-6-12(15)9-11-5-2-3-7-13(11)14/h2-3,5,7,12H,4,6,8-9H2,1H3. The Morgan fingerprint density at radius 1 is 1.50 bits per heavy atom. The van der Waals surface area contributed by atoms with Crippen LogP contribution in [0.3, 0.4) is 0 Å². The molecular formula is C13H16ClNO. The van der Waals surface area contributed by atoms with Crippen molar-refractivity contribution in [3.8, 4) is 0 Å². The molecule has 1 fully saturated rings. The first kappa shape index (κ1) is 11.5. The number of rotatable bonds is 2. The van der Waals surface area contributed by atoms with Gasteiger partial charge in [-0.2, -0.15) is 0 Å². The first-order valence-corrected chi connectivity index (χ1v) is 6.07.